The lowest BCUT2D eigenvalue weighted by molar-refractivity contribution is 0.476. The van der Waals surface area contributed by atoms with E-state index in [2.05, 4.69) is 7.85 Å². The van der Waals surface area contributed by atoms with E-state index in [1.54, 1.807) is 0 Å². The zero-order valence-electron chi connectivity index (χ0n) is 15.5. The molecule has 2 aliphatic rings. The SMILES string of the molecule is BC1(BBBC2CCCCCCCCC2)CCCCCCC1. The molecule has 22 heavy (non-hydrogen) atoms. The fraction of sp³-hybridized carbons (Fsp3) is 1.00. The standard InChI is InChI=1S/C18H38B4/c19-18(15-11-7-4-8-12-16-18)21-22-20-17-13-9-5-2-1-3-6-10-14-17/h17,20-22H,1-16,19H2. The van der Waals surface area contributed by atoms with Crippen molar-refractivity contribution >= 4 is 29.2 Å². The first-order chi connectivity index (χ1) is 10.8. The molecule has 0 spiro atoms. The van der Waals surface area contributed by atoms with Crippen LogP contribution in [-0.2, 0) is 0 Å². The van der Waals surface area contributed by atoms with Gasteiger partial charge in [-0.2, -0.15) is 0 Å². The number of rotatable bonds is 4. The van der Waals surface area contributed by atoms with Crippen LogP contribution in [0.2, 0.25) is 11.0 Å². The van der Waals surface area contributed by atoms with E-state index in [0.29, 0.717) is 5.21 Å². The summed E-state index contributed by atoms with van der Waals surface area (Å²) in [5, 5.41) is 0.691. The van der Waals surface area contributed by atoms with Gasteiger partial charge in [0.1, 0.15) is 0 Å². The minimum Gasteiger partial charge on any atom is -0.0884 e. The average Bonchev–Trinajstić information content (AvgIpc) is 2.50. The van der Waals surface area contributed by atoms with Crippen LogP contribution in [-0.4, -0.2) is 29.2 Å². The molecular formula is C18H38B4. The molecule has 2 rings (SSSR count). The summed E-state index contributed by atoms with van der Waals surface area (Å²) < 4.78 is 0. The third-order valence-corrected chi connectivity index (χ3v) is 6.68. The van der Waals surface area contributed by atoms with Crippen LogP contribution in [0.15, 0.2) is 0 Å². The summed E-state index contributed by atoms with van der Waals surface area (Å²) in [6.45, 7) is 0. The molecule has 0 aliphatic heterocycles. The molecule has 0 nitrogen and oxygen atoms in total. The molecule has 2 saturated carbocycles. The van der Waals surface area contributed by atoms with Crippen LogP contribution < -0.4 is 0 Å². The summed E-state index contributed by atoms with van der Waals surface area (Å²) in [5.74, 6) is 1.07. The lowest BCUT2D eigenvalue weighted by Gasteiger charge is -2.31. The van der Waals surface area contributed by atoms with Crippen molar-refractivity contribution < 1.29 is 0 Å². The van der Waals surface area contributed by atoms with E-state index in [4.69, 9.17) is 0 Å². The van der Waals surface area contributed by atoms with Crippen molar-refractivity contribution in [2.45, 2.75) is 114 Å². The Bertz CT molecular complexity index is 264. The van der Waals surface area contributed by atoms with E-state index in [1.807, 2.05) is 0 Å². The normalized spacial score (nSPS) is 25.5. The van der Waals surface area contributed by atoms with Crippen LogP contribution >= 0.6 is 0 Å². The van der Waals surface area contributed by atoms with Crippen molar-refractivity contribution in [2.75, 3.05) is 0 Å². The van der Waals surface area contributed by atoms with E-state index >= 15 is 0 Å². The van der Waals surface area contributed by atoms with Crippen molar-refractivity contribution in [3.8, 4) is 0 Å². The topological polar surface area (TPSA) is 0 Å². The highest BCUT2D eigenvalue weighted by Crippen LogP contribution is 2.36. The highest BCUT2D eigenvalue weighted by molar-refractivity contribution is 7.31. The van der Waals surface area contributed by atoms with Gasteiger partial charge in [0.2, 0.25) is 0 Å². The van der Waals surface area contributed by atoms with Gasteiger partial charge in [-0.1, -0.05) is 114 Å². The molecule has 4 heteroatoms. The monoisotopic (exact) mass is 298 g/mol. The van der Waals surface area contributed by atoms with E-state index in [9.17, 15) is 0 Å². The summed E-state index contributed by atoms with van der Waals surface area (Å²) in [5.41, 5.74) is 0. The van der Waals surface area contributed by atoms with E-state index in [1.165, 1.54) is 124 Å². The molecule has 0 saturated heterocycles. The summed E-state index contributed by atoms with van der Waals surface area (Å²) in [6, 6.07) is 0. The highest BCUT2D eigenvalue weighted by atomic mass is 14.1. The van der Waals surface area contributed by atoms with Gasteiger partial charge in [0, 0.05) is 0 Å². The zero-order chi connectivity index (χ0) is 15.5. The van der Waals surface area contributed by atoms with Gasteiger partial charge >= 0.3 is 0 Å². The van der Waals surface area contributed by atoms with Gasteiger partial charge in [0.25, 0.3) is 0 Å². The van der Waals surface area contributed by atoms with Crippen molar-refractivity contribution in [3.05, 3.63) is 0 Å². The van der Waals surface area contributed by atoms with Crippen molar-refractivity contribution in [3.63, 3.8) is 0 Å². The molecule has 0 bridgehead atoms. The van der Waals surface area contributed by atoms with Crippen LogP contribution in [0.5, 0.6) is 0 Å². The Kier molecular flexibility index (Phi) is 9.24. The third kappa shape index (κ3) is 7.69. The summed E-state index contributed by atoms with van der Waals surface area (Å²) >= 11 is 0. The molecule has 0 N–H and O–H groups in total. The second kappa shape index (κ2) is 10.9. The van der Waals surface area contributed by atoms with Crippen LogP contribution in [0, 0.1) is 0 Å². The predicted octanol–water partition coefficient (Wildman–Crippen LogP) is 3.93. The zero-order valence-corrected chi connectivity index (χ0v) is 15.5. The van der Waals surface area contributed by atoms with Gasteiger partial charge in [-0.25, -0.2) is 0 Å². The molecule has 0 aromatic rings. The molecule has 0 unspecified atom stereocenters. The van der Waals surface area contributed by atoms with Crippen LogP contribution in [0.25, 0.3) is 0 Å². The van der Waals surface area contributed by atoms with Gasteiger partial charge < -0.3 is 0 Å². The fourth-order valence-corrected chi connectivity index (χ4v) is 5.01. The first kappa shape index (κ1) is 18.6. The van der Waals surface area contributed by atoms with Crippen molar-refractivity contribution in [1.29, 1.82) is 0 Å². The molecule has 0 aromatic heterocycles. The minimum atomic E-state index is 0.691. The maximum atomic E-state index is 2.60. The summed E-state index contributed by atoms with van der Waals surface area (Å²) in [4.78, 5) is 0. The van der Waals surface area contributed by atoms with Gasteiger partial charge in [-0.05, 0) is 0 Å². The Morgan fingerprint density at radius 2 is 1.09 bits per heavy atom. The molecule has 2 aliphatic carbocycles. The quantitative estimate of drug-likeness (QED) is 0.690. The maximum Gasteiger partial charge on any atom is 0.0987 e. The average molecular weight is 298 g/mol. The largest absolute Gasteiger partial charge is 0.0987 e. The van der Waals surface area contributed by atoms with Crippen LogP contribution in [0.1, 0.15) is 103 Å². The molecular weight excluding hydrogens is 259 g/mol. The summed E-state index contributed by atoms with van der Waals surface area (Å²) in [7, 11) is 7.17. The lowest BCUT2D eigenvalue weighted by Crippen LogP contribution is -2.31. The third-order valence-electron chi connectivity index (χ3n) is 6.68. The Labute approximate surface area is 143 Å². The van der Waals surface area contributed by atoms with Crippen LogP contribution in [0.4, 0.5) is 0 Å². The first-order valence-electron chi connectivity index (χ1n) is 10.8. The second-order valence-electron chi connectivity index (χ2n) is 8.89. The molecule has 0 heterocycles. The van der Waals surface area contributed by atoms with Crippen LogP contribution in [0.3, 0.4) is 0 Å². The Morgan fingerprint density at radius 1 is 0.636 bits per heavy atom. The van der Waals surface area contributed by atoms with Gasteiger partial charge in [-0.3, -0.25) is 0 Å². The maximum absolute atomic E-state index is 2.60. The minimum absolute atomic E-state index is 0.691. The Morgan fingerprint density at radius 3 is 1.64 bits per heavy atom. The Balaban J connectivity index is 1.67. The van der Waals surface area contributed by atoms with Gasteiger partial charge in [0.05, 0.1) is 29.2 Å². The molecule has 0 amide bonds. The molecule has 0 aromatic carbocycles. The number of hydrogen-bond donors (Lipinski definition) is 0. The smallest absolute Gasteiger partial charge is 0.0884 e. The van der Waals surface area contributed by atoms with E-state index in [-0.39, 0.29) is 0 Å². The number of hydrogen-bond acceptors (Lipinski definition) is 0. The first-order valence-corrected chi connectivity index (χ1v) is 10.8. The molecule has 0 radical (unpaired) electrons. The second-order valence-corrected chi connectivity index (χ2v) is 8.89. The van der Waals surface area contributed by atoms with Crippen molar-refractivity contribution in [2.24, 2.45) is 0 Å². The van der Waals surface area contributed by atoms with Gasteiger partial charge in [0.15, 0.2) is 0 Å². The van der Waals surface area contributed by atoms with E-state index < -0.39 is 0 Å². The molecule has 0 atom stereocenters. The fourth-order valence-electron chi connectivity index (χ4n) is 5.01. The van der Waals surface area contributed by atoms with Gasteiger partial charge in [-0.15, -0.1) is 0 Å². The highest BCUT2D eigenvalue weighted by Gasteiger charge is 2.26. The van der Waals surface area contributed by atoms with E-state index in [0.717, 1.165) is 5.82 Å². The van der Waals surface area contributed by atoms with Crippen molar-refractivity contribution in [1.82, 2.24) is 0 Å². The molecule has 122 valence electrons. The predicted molar refractivity (Wildman–Crippen MR) is 110 cm³/mol. The lowest BCUT2D eigenvalue weighted by atomic mass is 9.09. The molecule has 2 fully saturated rings. The summed E-state index contributed by atoms with van der Waals surface area (Å²) in [6.07, 6.45) is 24.2. The Hall–Kier alpha value is 0.260.